The molecule has 0 bridgehead atoms. The molecule has 0 aliphatic carbocycles. The molecule has 7 heteroatoms. The fraction of sp³-hybridized carbons (Fsp3) is 0.0667. The quantitative estimate of drug-likeness (QED) is 0.291. The van der Waals surface area contributed by atoms with Crippen LogP contribution in [0.5, 0.6) is 0 Å². The van der Waals surface area contributed by atoms with E-state index < -0.39 is 0 Å². The maximum Gasteiger partial charge on any atom is 0.148 e. The Balaban J connectivity index is 1.33. The Hall–Kier alpha value is -5.04. The highest BCUT2D eigenvalue weighted by Gasteiger charge is 2.15. The average molecular weight is 484 g/mol. The number of hydrogen-bond acceptors (Lipinski definition) is 5. The molecule has 7 nitrogen and oxygen atoms in total. The van der Waals surface area contributed by atoms with Crippen molar-refractivity contribution in [3.05, 3.63) is 121 Å². The first-order chi connectivity index (χ1) is 18.1. The van der Waals surface area contributed by atoms with Gasteiger partial charge in [-0.1, -0.05) is 48.5 Å². The number of pyridine rings is 1. The Morgan fingerprint density at radius 1 is 0.703 bits per heavy atom. The molecule has 0 aliphatic heterocycles. The predicted octanol–water partition coefficient (Wildman–Crippen LogP) is 6.54. The molecule has 6 aromatic rings. The van der Waals surface area contributed by atoms with Crippen LogP contribution in [0.3, 0.4) is 0 Å². The molecule has 0 radical (unpaired) electrons. The molecule has 180 valence electrons. The number of hydrogen-bond donors (Lipinski definition) is 1. The lowest BCUT2D eigenvalue weighted by Crippen LogP contribution is -2.00. The van der Waals surface area contributed by atoms with E-state index in [4.69, 9.17) is 5.10 Å². The Morgan fingerprint density at radius 3 is 2.14 bits per heavy atom. The Morgan fingerprint density at radius 2 is 1.43 bits per heavy atom. The predicted molar refractivity (Wildman–Crippen MR) is 146 cm³/mol. The topological polar surface area (TPSA) is 73.5 Å². The van der Waals surface area contributed by atoms with E-state index >= 15 is 0 Å². The molecule has 3 aromatic heterocycles. The normalized spacial score (nSPS) is 11.0. The fourth-order valence-electron chi connectivity index (χ4n) is 4.37. The van der Waals surface area contributed by atoms with Crippen LogP contribution in [0.1, 0.15) is 11.6 Å². The molecule has 0 fully saturated rings. The van der Waals surface area contributed by atoms with Gasteiger partial charge in [0.15, 0.2) is 0 Å². The van der Waals surface area contributed by atoms with Gasteiger partial charge < -0.3 is 5.32 Å². The monoisotopic (exact) mass is 483 g/mol. The van der Waals surface area contributed by atoms with Crippen molar-refractivity contribution in [3.63, 3.8) is 0 Å². The molecule has 0 saturated carbocycles. The minimum Gasteiger partial charge on any atom is -0.340 e. The summed E-state index contributed by atoms with van der Waals surface area (Å²) in [6, 6.07) is 32.6. The van der Waals surface area contributed by atoms with Gasteiger partial charge in [-0.3, -0.25) is 0 Å². The van der Waals surface area contributed by atoms with Gasteiger partial charge in [-0.15, -0.1) is 0 Å². The summed E-state index contributed by atoms with van der Waals surface area (Å²) in [5.74, 6) is 2.35. The van der Waals surface area contributed by atoms with Gasteiger partial charge in [0.05, 0.1) is 11.4 Å². The SMILES string of the molecule is Cc1nc(C)n(-c2ccc(Nc3cc(-c4nn(-c5ccccc5)cc4-c4ccccc4)ccn3)cc2)n1. The average Bonchev–Trinajstić information content (AvgIpc) is 3.53. The first kappa shape index (κ1) is 22.4. The largest absolute Gasteiger partial charge is 0.340 e. The maximum absolute atomic E-state index is 4.98. The second-order valence-corrected chi connectivity index (χ2v) is 8.76. The Bertz CT molecular complexity index is 1650. The molecule has 0 amide bonds. The minimum atomic E-state index is 0.742. The standard InChI is InChI=1S/C30H25N7/c1-21-32-22(2)37(34-21)27-15-13-25(14-16-27)33-29-19-24(17-18-31-29)30-28(23-9-5-3-6-10-23)20-36(35-30)26-11-7-4-8-12-26/h3-20H,1-2H3,(H,31,33). The van der Waals surface area contributed by atoms with Gasteiger partial charge in [-0.2, -0.15) is 10.2 Å². The number of aryl methyl sites for hydroxylation is 2. The molecule has 1 N–H and O–H groups in total. The van der Waals surface area contributed by atoms with Crippen molar-refractivity contribution >= 4 is 11.5 Å². The number of para-hydroxylation sites is 1. The van der Waals surface area contributed by atoms with Crippen LogP contribution < -0.4 is 5.32 Å². The molecule has 3 aromatic carbocycles. The highest BCUT2D eigenvalue weighted by molar-refractivity contribution is 5.82. The van der Waals surface area contributed by atoms with Gasteiger partial charge in [0.1, 0.15) is 23.2 Å². The van der Waals surface area contributed by atoms with E-state index in [0.717, 1.165) is 56.9 Å². The number of anilines is 2. The van der Waals surface area contributed by atoms with E-state index in [9.17, 15) is 0 Å². The lowest BCUT2D eigenvalue weighted by Gasteiger charge is -2.09. The fourth-order valence-corrected chi connectivity index (χ4v) is 4.37. The van der Waals surface area contributed by atoms with Crippen LogP contribution in [0.4, 0.5) is 11.5 Å². The smallest absolute Gasteiger partial charge is 0.148 e. The van der Waals surface area contributed by atoms with Gasteiger partial charge in [0, 0.05) is 29.2 Å². The van der Waals surface area contributed by atoms with Crippen molar-refractivity contribution in [1.29, 1.82) is 0 Å². The van der Waals surface area contributed by atoms with E-state index in [0.29, 0.717) is 0 Å². The summed E-state index contributed by atoms with van der Waals surface area (Å²) in [5.41, 5.74) is 6.95. The molecule has 6 rings (SSSR count). The molecular weight excluding hydrogens is 458 g/mol. The number of rotatable bonds is 6. The molecule has 0 saturated heterocycles. The lowest BCUT2D eigenvalue weighted by atomic mass is 10.0. The zero-order chi connectivity index (χ0) is 25.2. The van der Waals surface area contributed by atoms with E-state index in [1.165, 1.54) is 0 Å². The van der Waals surface area contributed by atoms with E-state index in [-0.39, 0.29) is 0 Å². The third-order valence-electron chi connectivity index (χ3n) is 6.11. The first-order valence-electron chi connectivity index (χ1n) is 12.1. The van der Waals surface area contributed by atoms with Gasteiger partial charge >= 0.3 is 0 Å². The molecule has 3 heterocycles. The van der Waals surface area contributed by atoms with Crippen molar-refractivity contribution in [1.82, 2.24) is 29.5 Å². The lowest BCUT2D eigenvalue weighted by molar-refractivity contribution is 0.831. The van der Waals surface area contributed by atoms with Gasteiger partial charge in [0.2, 0.25) is 0 Å². The van der Waals surface area contributed by atoms with Crippen LogP contribution in [0, 0.1) is 13.8 Å². The summed E-state index contributed by atoms with van der Waals surface area (Å²) in [6.45, 7) is 3.84. The Labute approximate surface area is 215 Å². The summed E-state index contributed by atoms with van der Waals surface area (Å²) >= 11 is 0. The van der Waals surface area contributed by atoms with Crippen LogP contribution in [0.25, 0.3) is 33.8 Å². The summed E-state index contributed by atoms with van der Waals surface area (Å²) in [5, 5.41) is 12.9. The summed E-state index contributed by atoms with van der Waals surface area (Å²) in [4.78, 5) is 8.94. The number of benzene rings is 3. The number of nitrogens with zero attached hydrogens (tertiary/aromatic N) is 6. The summed E-state index contributed by atoms with van der Waals surface area (Å²) in [7, 11) is 0. The van der Waals surface area contributed by atoms with Crippen molar-refractivity contribution in [2.24, 2.45) is 0 Å². The van der Waals surface area contributed by atoms with Crippen LogP contribution in [-0.4, -0.2) is 29.5 Å². The highest BCUT2D eigenvalue weighted by atomic mass is 15.3. The third-order valence-corrected chi connectivity index (χ3v) is 6.11. The molecule has 0 unspecified atom stereocenters. The third kappa shape index (κ3) is 4.62. The van der Waals surface area contributed by atoms with Crippen LogP contribution >= 0.6 is 0 Å². The minimum absolute atomic E-state index is 0.742. The first-order valence-corrected chi connectivity index (χ1v) is 12.1. The van der Waals surface area contributed by atoms with E-state index in [2.05, 4.69) is 50.8 Å². The molecule has 37 heavy (non-hydrogen) atoms. The van der Waals surface area contributed by atoms with Crippen molar-refractivity contribution in [2.45, 2.75) is 13.8 Å². The van der Waals surface area contributed by atoms with Gasteiger partial charge in [-0.25, -0.2) is 19.3 Å². The second kappa shape index (κ2) is 9.54. The molecule has 0 aliphatic rings. The van der Waals surface area contributed by atoms with E-state index in [1.54, 1.807) is 0 Å². The van der Waals surface area contributed by atoms with Crippen molar-refractivity contribution in [2.75, 3.05) is 5.32 Å². The Kier molecular flexibility index (Phi) is 5.78. The van der Waals surface area contributed by atoms with Crippen LogP contribution in [0.2, 0.25) is 0 Å². The zero-order valence-corrected chi connectivity index (χ0v) is 20.6. The van der Waals surface area contributed by atoms with Crippen molar-refractivity contribution in [3.8, 4) is 33.8 Å². The van der Waals surface area contributed by atoms with Gasteiger partial charge in [0.25, 0.3) is 0 Å². The van der Waals surface area contributed by atoms with Crippen LogP contribution in [-0.2, 0) is 0 Å². The zero-order valence-electron chi connectivity index (χ0n) is 20.6. The summed E-state index contributed by atoms with van der Waals surface area (Å²) < 4.78 is 3.77. The number of aromatic nitrogens is 6. The van der Waals surface area contributed by atoms with E-state index in [1.807, 2.05) is 102 Å². The second-order valence-electron chi connectivity index (χ2n) is 8.76. The van der Waals surface area contributed by atoms with Crippen molar-refractivity contribution < 1.29 is 0 Å². The molecule has 0 spiro atoms. The van der Waals surface area contributed by atoms with Crippen LogP contribution in [0.15, 0.2) is 109 Å². The summed E-state index contributed by atoms with van der Waals surface area (Å²) in [6.07, 6.45) is 3.89. The number of nitrogens with one attached hydrogen (secondary N) is 1. The molecular formula is C30H25N7. The van der Waals surface area contributed by atoms with Gasteiger partial charge in [-0.05, 0) is 67.9 Å². The maximum atomic E-state index is 4.98. The molecule has 0 atom stereocenters. The highest BCUT2D eigenvalue weighted by Crippen LogP contribution is 2.33.